The monoisotopic (exact) mass is 325 g/mol. The van der Waals surface area contributed by atoms with E-state index in [0.29, 0.717) is 5.69 Å². The van der Waals surface area contributed by atoms with Crippen molar-refractivity contribution in [1.82, 2.24) is 4.98 Å². The van der Waals surface area contributed by atoms with Crippen LogP contribution in [0.15, 0.2) is 54.6 Å². The predicted octanol–water partition coefficient (Wildman–Crippen LogP) is 3.86. The normalized spacial score (nSPS) is 11.0. The van der Waals surface area contributed by atoms with Gasteiger partial charge in [0.15, 0.2) is 0 Å². The highest BCUT2D eigenvalue weighted by atomic mass is 32.1. The first-order chi connectivity index (χ1) is 11.1. The fourth-order valence-corrected chi connectivity index (χ4v) is 2.86. The Labute approximate surface area is 135 Å². The molecule has 2 aromatic carbocycles. The Kier molecular flexibility index (Phi) is 4.11. The van der Waals surface area contributed by atoms with Crippen molar-refractivity contribution in [2.24, 2.45) is 0 Å². The lowest BCUT2D eigenvalue weighted by Crippen LogP contribution is -2.07. The van der Waals surface area contributed by atoms with Crippen molar-refractivity contribution in [1.29, 1.82) is 0 Å². The number of para-hydroxylation sites is 1. The molecule has 0 fully saturated rings. The Balaban J connectivity index is 1.71. The second kappa shape index (κ2) is 6.37. The van der Waals surface area contributed by atoms with E-state index in [9.17, 15) is 14.9 Å². The number of nitro benzene ring substituents is 1. The van der Waals surface area contributed by atoms with Crippen LogP contribution in [0, 0.1) is 10.1 Å². The summed E-state index contributed by atoms with van der Waals surface area (Å²) >= 11 is 1.48. The number of benzene rings is 2. The molecule has 0 atom stereocenters. The van der Waals surface area contributed by atoms with Crippen LogP contribution < -0.4 is 5.32 Å². The number of anilines is 1. The van der Waals surface area contributed by atoms with Gasteiger partial charge in [-0.05, 0) is 24.3 Å². The SMILES string of the molecule is O=C(/C=C/c1nc2ccccc2s1)Nc1cccc([N+](=O)[O-])c1. The number of nitrogens with one attached hydrogen (secondary N) is 1. The average molecular weight is 325 g/mol. The van der Waals surface area contributed by atoms with E-state index < -0.39 is 4.92 Å². The topological polar surface area (TPSA) is 85.1 Å². The van der Waals surface area contributed by atoms with Gasteiger partial charge in [0.05, 0.1) is 15.1 Å². The van der Waals surface area contributed by atoms with Crippen molar-refractivity contribution in [2.75, 3.05) is 5.32 Å². The number of aromatic nitrogens is 1. The third-order valence-electron chi connectivity index (χ3n) is 3.01. The summed E-state index contributed by atoms with van der Waals surface area (Å²) in [6.07, 6.45) is 2.98. The minimum atomic E-state index is -0.507. The fourth-order valence-electron chi connectivity index (χ4n) is 1.99. The van der Waals surface area contributed by atoms with Gasteiger partial charge in [-0.2, -0.15) is 0 Å². The first-order valence-corrected chi connectivity index (χ1v) is 7.52. The first kappa shape index (κ1) is 14.9. The number of nitrogens with zero attached hydrogens (tertiary/aromatic N) is 2. The van der Waals surface area contributed by atoms with Crippen LogP contribution >= 0.6 is 11.3 Å². The van der Waals surface area contributed by atoms with Crippen LogP contribution in [0.2, 0.25) is 0 Å². The number of amides is 1. The number of nitro groups is 1. The summed E-state index contributed by atoms with van der Waals surface area (Å²) in [6.45, 7) is 0. The molecule has 1 heterocycles. The van der Waals surface area contributed by atoms with E-state index in [2.05, 4.69) is 10.3 Å². The van der Waals surface area contributed by atoms with Crippen LogP contribution in [-0.2, 0) is 4.79 Å². The van der Waals surface area contributed by atoms with Crippen LogP contribution in [0.5, 0.6) is 0 Å². The lowest BCUT2D eigenvalue weighted by Gasteiger charge is -2.01. The second-order valence-corrected chi connectivity index (χ2v) is 5.71. The van der Waals surface area contributed by atoms with Gasteiger partial charge >= 0.3 is 0 Å². The predicted molar refractivity (Wildman–Crippen MR) is 90.4 cm³/mol. The largest absolute Gasteiger partial charge is 0.322 e. The van der Waals surface area contributed by atoms with Gasteiger partial charge in [0.2, 0.25) is 5.91 Å². The highest BCUT2D eigenvalue weighted by molar-refractivity contribution is 7.19. The summed E-state index contributed by atoms with van der Waals surface area (Å²) in [7, 11) is 0. The first-order valence-electron chi connectivity index (χ1n) is 6.71. The van der Waals surface area contributed by atoms with Crippen molar-refractivity contribution in [2.45, 2.75) is 0 Å². The molecule has 23 heavy (non-hydrogen) atoms. The molecule has 7 heteroatoms. The minimum absolute atomic E-state index is 0.0713. The third-order valence-corrected chi connectivity index (χ3v) is 4.01. The van der Waals surface area contributed by atoms with E-state index in [1.165, 1.54) is 35.6 Å². The summed E-state index contributed by atoms with van der Waals surface area (Å²) in [5.41, 5.74) is 1.19. The number of non-ortho nitro benzene ring substituents is 1. The minimum Gasteiger partial charge on any atom is -0.322 e. The molecule has 0 bridgehead atoms. The van der Waals surface area contributed by atoms with Gasteiger partial charge < -0.3 is 5.32 Å². The molecule has 0 saturated heterocycles. The van der Waals surface area contributed by atoms with E-state index in [0.717, 1.165) is 15.2 Å². The summed E-state index contributed by atoms with van der Waals surface area (Å²) in [5.74, 6) is -0.371. The zero-order valence-corrected chi connectivity index (χ0v) is 12.6. The zero-order valence-electron chi connectivity index (χ0n) is 11.8. The lowest BCUT2D eigenvalue weighted by molar-refractivity contribution is -0.384. The molecular formula is C16H11N3O3S. The van der Waals surface area contributed by atoms with Crippen molar-refractivity contribution >= 4 is 44.9 Å². The third kappa shape index (κ3) is 3.58. The van der Waals surface area contributed by atoms with Crippen molar-refractivity contribution < 1.29 is 9.72 Å². The Hall–Kier alpha value is -3.06. The van der Waals surface area contributed by atoms with Crippen molar-refractivity contribution in [3.05, 3.63) is 69.7 Å². The van der Waals surface area contributed by atoms with Gasteiger partial charge in [-0.1, -0.05) is 18.2 Å². The number of thiazole rings is 1. The van der Waals surface area contributed by atoms with Crippen LogP contribution in [0.1, 0.15) is 5.01 Å². The zero-order chi connectivity index (χ0) is 16.2. The number of carbonyl (C=O) groups excluding carboxylic acids is 1. The van der Waals surface area contributed by atoms with Gasteiger partial charge in [0.25, 0.3) is 5.69 Å². The molecule has 114 valence electrons. The molecule has 3 aromatic rings. The highest BCUT2D eigenvalue weighted by Crippen LogP contribution is 2.22. The molecule has 6 nitrogen and oxygen atoms in total. The molecular weight excluding hydrogens is 314 g/mol. The van der Waals surface area contributed by atoms with Crippen LogP contribution in [0.3, 0.4) is 0 Å². The number of carbonyl (C=O) groups is 1. The van der Waals surface area contributed by atoms with E-state index in [4.69, 9.17) is 0 Å². The van der Waals surface area contributed by atoms with Gasteiger partial charge in [0.1, 0.15) is 5.01 Å². The van der Waals surface area contributed by atoms with Gasteiger partial charge in [-0.15, -0.1) is 11.3 Å². The lowest BCUT2D eigenvalue weighted by atomic mass is 10.3. The second-order valence-electron chi connectivity index (χ2n) is 4.65. The van der Waals surface area contributed by atoms with Gasteiger partial charge in [0, 0.05) is 23.9 Å². The molecule has 0 aliphatic heterocycles. The summed E-state index contributed by atoms with van der Waals surface area (Å²) in [6, 6.07) is 13.5. The van der Waals surface area contributed by atoms with Gasteiger partial charge in [-0.25, -0.2) is 4.98 Å². The van der Waals surface area contributed by atoms with Gasteiger partial charge in [-0.3, -0.25) is 14.9 Å². The maximum atomic E-state index is 11.9. The van der Waals surface area contributed by atoms with E-state index in [1.54, 1.807) is 12.1 Å². The quantitative estimate of drug-likeness (QED) is 0.448. The Morgan fingerprint density at radius 3 is 2.83 bits per heavy atom. The smallest absolute Gasteiger partial charge is 0.271 e. The van der Waals surface area contributed by atoms with Crippen molar-refractivity contribution in [3.63, 3.8) is 0 Å². The Bertz CT molecular complexity index is 885. The molecule has 0 aliphatic carbocycles. The van der Waals surface area contributed by atoms with E-state index in [1.807, 2.05) is 24.3 Å². The molecule has 0 spiro atoms. The summed E-state index contributed by atoms with van der Waals surface area (Å²) in [5, 5.41) is 14.0. The van der Waals surface area contributed by atoms with E-state index >= 15 is 0 Å². The summed E-state index contributed by atoms with van der Waals surface area (Å²) in [4.78, 5) is 26.5. The number of fused-ring (bicyclic) bond motifs is 1. The molecule has 1 N–H and O–H groups in total. The number of hydrogen-bond donors (Lipinski definition) is 1. The molecule has 0 saturated carbocycles. The molecule has 1 amide bonds. The molecule has 1 aromatic heterocycles. The molecule has 0 aliphatic rings. The molecule has 0 radical (unpaired) electrons. The average Bonchev–Trinajstić information content (AvgIpc) is 2.96. The van der Waals surface area contributed by atoms with E-state index in [-0.39, 0.29) is 11.6 Å². The maximum Gasteiger partial charge on any atom is 0.271 e. The number of hydrogen-bond acceptors (Lipinski definition) is 5. The highest BCUT2D eigenvalue weighted by Gasteiger charge is 2.07. The molecule has 3 rings (SSSR count). The van der Waals surface area contributed by atoms with Crippen LogP contribution in [0.25, 0.3) is 16.3 Å². The maximum absolute atomic E-state index is 11.9. The fraction of sp³-hybridized carbons (Fsp3) is 0. The van der Waals surface area contributed by atoms with Crippen LogP contribution in [-0.4, -0.2) is 15.8 Å². The Morgan fingerprint density at radius 1 is 1.22 bits per heavy atom. The summed E-state index contributed by atoms with van der Waals surface area (Å²) < 4.78 is 1.05. The van der Waals surface area contributed by atoms with Crippen molar-refractivity contribution in [3.8, 4) is 0 Å². The Morgan fingerprint density at radius 2 is 2.04 bits per heavy atom. The molecule has 0 unspecified atom stereocenters. The standard InChI is InChI=1S/C16H11N3O3S/c20-15(17-11-4-3-5-12(10-11)19(21)22)8-9-16-18-13-6-1-2-7-14(13)23-16/h1-10H,(H,17,20)/b9-8+. The van der Waals surface area contributed by atoms with Crippen LogP contribution in [0.4, 0.5) is 11.4 Å². The number of rotatable bonds is 4.